The molecule has 7 nitrogen and oxygen atoms in total. The van der Waals surface area contributed by atoms with Crippen LogP contribution in [0.2, 0.25) is 1.41 Å². The number of aromatic amines is 2. The first kappa shape index (κ1) is 17.2. The summed E-state index contributed by atoms with van der Waals surface area (Å²) < 4.78 is 9.88. The number of H-pyrrole nitrogens is 2. The van der Waals surface area contributed by atoms with Crippen LogP contribution in [0.3, 0.4) is 0 Å². The number of fused-ring (bicyclic) bond motifs is 2. The van der Waals surface area contributed by atoms with Gasteiger partial charge in [-0.3, -0.25) is 9.89 Å². The molecule has 7 heteroatoms. The fraction of sp³-hybridized carbons (Fsp3) is 0.429. The molecule has 146 valence electrons. The van der Waals surface area contributed by atoms with Crippen LogP contribution in [0.25, 0.3) is 16.7 Å². The highest BCUT2D eigenvalue weighted by Gasteiger charge is 2.37. The first-order valence-corrected chi connectivity index (χ1v) is 9.86. The zero-order chi connectivity index (χ0) is 20.9. The molecule has 2 N–H and O–H groups in total. The van der Waals surface area contributed by atoms with Gasteiger partial charge in [0.1, 0.15) is 16.9 Å². The van der Waals surface area contributed by atoms with Crippen molar-refractivity contribution in [3.05, 3.63) is 57.2 Å². The normalized spacial score (nSPS) is 19.2. The molecule has 0 bridgehead atoms. The van der Waals surface area contributed by atoms with Crippen LogP contribution < -0.4 is 5.56 Å². The van der Waals surface area contributed by atoms with Crippen LogP contribution in [-0.4, -0.2) is 29.5 Å². The summed E-state index contributed by atoms with van der Waals surface area (Å²) in [6, 6.07) is 0. The molecule has 4 aromatic heterocycles. The lowest BCUT2D eigenvalue weighted by atomic mass is 9.71. The molecule has 0 aromatic carbocycles. The average Bonchev–Trinajstić information content (AvgIpc) is 3.25. The van der Waals surface area contributed by atoms with Gasteiger partial charge in [-0.15, -0.1) is 0 Å². The van der Waals surface area contributed by atoms with E-state index in [9.17, 15) is 4.79 Å². The summed E-state index contributed by atoms with van der Waals surface area (Å²) in [7, 11) is 0. The van der Waals surface area contributed by atoms with E-state index < -0.39 is 0 Å². The number of hydrogen-bond acceptors (Lipinski definition) is 4. The van der Waals surface area contributed by atoms with Crippen molar-refractivity contribution >= 4 is 16.7 Å². The smallest absolute Gasteiger partial charge is 0.262 e. The van der Waals surface area contributed by atoms with Crippen molar-refractivity contribution in [2.45, 2.75) is 59.3 Å². The van der Waals surface area contributed by atoms with Crippen molar-refractivity contribution < 1.29 is 1.41 Å². The van der Waals surface area contributed by atoms with Gasteiger partial charge in [-0.05, 0) is 50.3 Å². The summed E-state index contributed by atoms with van der Waals surface area (Å²) >= 11 is 0. The van der Waals surface area contributed by atoms with Crippen LogP contribution in [-0.2, 0) is 0 Å². The summed E-state index contributed by atoms with van der Waals surface area (Å²) in [5.74, 6) is 0.941. The Morgan fingerprint density at radius 3 is 2.57 bits per heavy atom. The summed E-state index contributed by atoms with van der Waals surface area (Å²) in [4.78, 5) is 24.6. The standard InChI is InChI=1S/C19H20N6O.C2H6/c1-9-7-25-8-15(21-18(25)11(3)10(9)2)12-4-5-13(12)16-22-17-14(6-20-24-17)19(26)23-16;1-2/h6-8,12-13H,4-5H2,1-3H3,(H2,20,22,23,24,26);1-2H3/t12-,13+;/m0./s1/i/hD. The van der Waals surface area contributed by atoms with Crippen molar-refractivity contribution in [2.75, 3.05) is 0 Å². The third-order valence-corrected chi connectivity index (χ3v) is 5.87. The molecule has 0 radical (unpaired) electrons. The van der Waals surface area contributed by atoms with E-state index >= 15 is 0 Å². The number of aromatic nitrogens is 6. The van der Waals surface area contributed by atoms with E-state index in [-0.39, 0.29) is 17.4 Å². The first-order valence-electron chi connectivity index (χ1n) is 10.3. The van der Waals surface area contributed by atoms with Crippen molar-refractivity contribution in [1.29, 1.82) is 0 Å². The molecule has 1 aliphatic rings. The zero-order valence-electron chi connectivity index (χ0n) is 17.9. The summed E-state index contributed by atoms with van der Waals surface area (Å²) in [5, 5.41) is 5.07. The molecular formula is C21H26N6O. The van der Waals surface area contributed by atoms with Gasteiger partial charge in [0.15, 0.2) is 7.06 Å². The van der Waals surface area contributed by atoms with Gasteiger partial charge in [0.25, 0.3) is 5.56 Å². The Labute approximate surface area is 164 Å². The van der Waals surface area contributed by atoms with E-state index in [0.29, 0.717) is 16.9 Å². The van der Waals surface area contributed by atoms with Crippen molar-refractivity contribution in [3.8, 4) is 0 Å². The van der Waals surface area contributed by atoms with Crippen molar-refractivity contribution in [1.82, 2.24) is 29.5 Å². The molecule has 1 fully saturated rings. The summed E-state index contributed by atoms with van der Waals surface area (Å²) in [5.41, 5.74) is 5.79. The third kappa shape index (κ3) is 2.73. The van der Waals surface area contributed by atoms with Gasteiger partial charge in [-0.25, -0.2) is 9.97 Å². The van der Waals surface area contributed by atoms with Crippen LogP contribution in [0.5, 0.6) is 0 Å². The van der Waals surface area contributed by atoms with Crippen molar-refractivity contribution in [2.24, 2.45) is 0 Å². The Morgan fingerprint density at radius 1 is 1.11 bits per heavy atom. The Kier molecular flexibility index (Phi) is 4.22. The zero-order valence-corrected chi connectivity index (χ0v) is 16.9. The van der Waals surface area contributed by atoms with Gasteiger partial charge in [0.05, 0.1) is 11.9 Å². The average molecular weight is 379 g/mol. The largest absolute Gasteiger partial charge is 0.310 e. The van der Waals surface area contributed by atoms with Gasteiger partial charge < -0.3 is 9.38 Å². The highest BCUT2D eigenvalue weighted by Crippen LogP contribution is 2.47. The van der Waals surface area contributed by atoms with Crippen LogP contribution in [0.1, 0.15) is 66.7 Å². The highest BCUT2D eigenvalue weighted by atomic mass is 16.1. The molecular weight excluding hydrogens is 352 g/mol. The van der Waals surface area contributed by atoms with Gasteiger partial charge in [-0.2, -0.15) is 5.10 Å². The number of imidazole rings is 1. The lowest BCUT2D eigenvalue weighted by Gasteiger charge is -2.34. The second kappa shape index (κ2) is 6.89. The van der Waals surface area contributed by atoms with Gasteiger partial charge >= 0.3 is 0 Å². The number of rotatable bonds is 2. The molecule has 0 aliphatic heterocycles. The summed E-state index contributed by atoms with van der Waals surface area (Å²) in [6.07, 6.45) is 7.54. The molecule has 4 heterocycles. The maximum atomic E-state index is 12.3. The predicted molar refractivity (Wildman–Crippen MR) is 110 cm³/mol. The molecule has 0 unspecified atom stereocenters. The van der Waals surface area contributed by atoms with E-state index in [1.54, 1.807) is 0 Å². The number of hydrogen-bond donors (Lipinski definition) is 2. The fourth-order valence-electron chi connectivity index (χ4n) is 3.91. The molecule has 5 rings (SSSR count). The van der Waals surface area contributed by atoms with Crippen LogP contribution >= 0.6 is 0 Å². The summed E-state index contributed by atoms with van der Waals surface area (Å²) in [6.45, 7) is 10.3. The maximum Gasteiger partial charge on any atom is 0.262 e. The second-order valence-corrected chi connectivity index (χ2v) is 7.28. The molecule has 1 aliphatic carbocycles. The minimum Gasteiger partial charge on any atom is -0.310 e. The van der Waals surface area contributed by atoms with Gasteiger partial charge in [0, 0.05) is 24.2 Å². The highest BCUT2D eigenvalue weighted by molar-refractivity contribution is 5.72. The van der Waals surface area contributed by atoms with E-state index in [1.165, 1.54) is 22.9 Å². The van der Waals surface area contributed by atoms with Crippen molar-refractivity contribution in [3.63, 3.8) is 0 Å². The van der Waals surface area contributed by atoms with E-state index in [1.807, 2.05) is 13.8 Å². The van der Waals surface area contributed by atoms with Crippen LogP contribution in [0.4, 0.5) is 0 Å². The van der Waals surface area contributed by atoms with Gasteiger partial charge in [-0.1, -0.05) is 13.8 Å². The minimum absolute atomic E-state index is 0.101. The van der Waals surface area contributed by atoms with E-state index in [0.717, 1.165) is 29.3 Å². The first-order chi connectivity index (χ1) is 13.9. The number of aryl methyl sites for hydroxylation is 2. The minimum atomic E-state index is -0.240. The maximum absolute atomic E-state index is 12.3. The number of pyridine rings is 1. The topological polar surface area (TPSA) is 91.7 Å². The van der Waals surface area contributed by atoms with Crippen LogP contribution in [0, 0.1) is 20.8 Å². The molecule has 0 saturated heterocycles. The third-order valence-electron chi connectivity index (χ3n) is 5.87. The molecule has 28 heavy (non-hydrogen) atoms. The Bertz CT molecular complexity index is 1270. The molecule has 4 aromatic rings. The SMILES string of the molecule is CC.[2H]n1ncc2c(=O)[nH]c([C@@H]3CC[C@@H]3c3cn4cc(C)c(C)c(C)c4n3)nc21. The Hall–Kier alpha value is -2.96. The predicted octanol–water partition coefficient (Wildman–Crippen LogP) is 3.91. The number of nitrogens with zero attached hydrogens (tertiary/aromatic N) is 4. The molecule has 0 amide bonds. The lowest BCUT2D eigenvalue weighted by Crippen LogP contribution is -2.26. The Balaban J connectivity index is 0.000000994. The lowest BCUT2D eigenvalue weighted by molar-refractivity contribution is 0.327. The van der Waals surface area contributed by atoms with Gasteiger partial charge in [0.2, 0.25) is 0 Å². The molecule has 1 saturated carbocycles. The van der Waals surface area contributed by atoms with E-state index in [2.05, 4.69) is 52.6 Å². The molecule has 0 spiro atoms. The van der Waals surface area contributed by atoms with Crippen LogP contribution in [0.15, 0.2) is 23.4 Å². The molecule has 2 atom stereocenters. The fourth-order valence-corrected chi connectivity index (χ4v) is 3.91. The Morgan fingerprint density at radius 2 is 1.86 bits per heavy atom. The second-order valence-electron chi connectivity index (χ2n) is 7.28. The number of nitrogens with one attached hydrogen (secondary N) is 2. The quantitative estimate of drug-likeness (QED) is 0.552. The van der Waals surface area contributed by atoms with E-state index in [4.69, 9.17) is 6.40 Å². The monoisotopic (exact) mass is 379 g/mol.